The molecule has 0 atom stereocenters. The maximum atomic E-state index is 12.6. The number of piperazine rings is 1. The van der Waals surface area contributed by atoms with Crippen molar-refractivity contribution < 1.29 is 23.8 Å². The van der Waals surface area contributed by atoms with Gasteiger partial charge in [-0.15, -0.1) is 0 Å². The lowest BCUT2D eigenvalue weighted by Crippen LogP contribution is -2.51. The van der Waals surface area contributed by atoms with Gasteiger partial charge < -0.3 is 24.0 Å². The molecule has 1 saturated heterocycles. The molecule has 0 aliphatic carbocycles. The maximum absolute atomic E-state index is 12.6. The molecule has 0 unspecified atom stereocenters. The van der Waals surface area contributed by atoms with Crippen molar-refractivity contribution in [1.29, 1.82) is 0 Å². The third-order valence-electron chi connectivity index (χ3n) is 4.68. The van der Waals surface area contributed by atoms with Gasteiger partial charge in [-0.1, -0.05) is 12.1 Å². The second-order valence-corrected chi connectivity index (χ2v) is 6.34. The van der Waals surface area contributed by atoms with E-state index in [1.54, 1.807) is 60.4 Å². The maximum Gasteiger partial charge on any atom is 0.260 e. The molecular weight excluding hydrogens is 360 g/mol. The Bertz CT molecular complexity index is 814. The van der Waals surface area contributed by atoms with Gasteiger partial charge in [-0.25, -0.2) is 0 Å². The fourth-order valence-corrected chi connectivity index (χ4v) is 3.04. The molecule has 7 nitrogen and oxygen atoms in total. The minimum Gasteiger partial charge on any atom is -0.497 e. The Hall–Kier alpha value is -3.22. The van der Waals surface area contributed by atoms with Crippen LogP contribution in [0.1, 0.15) is 10.4 Å². The highest BCUT2D eigenvalue weighted by Gasteiger charge is 2.25. The Labute approximate surface area is 164 Å². The van der Waals surface area contributed by atoms with Crippen LogP contribution in [0.4, 0.5) is 0 Å². The zero-order valence-corrected chi connectivity index (χ0v) is 16.1. The summed E-state index contributed by atoms with van der Waals surface area (Å²) < 4.78 is 15.9. The summed E-state index contributed by atoms with van der Waals surface area (Å²) in [7, 11) is 3.15. The number of benzene rings is 2. The first-order valence-corrected chi connectivity index (χ1v) is 9.09. The summed E-state index contributed by atoms with van der Waals surface area (Å²) in [6, 6.07) is 14.2. The van der Waals surface area contributed by atoms with E-state index in [-0.39, 0.29) is 18.4 Å². The topological polar surface area (TPSA) is 68.3 Å². The normalized spacial score (nSPS) is 13.8. The van der Waals surface area contributed by atoms with Crippen LogP contribution < -0.4 is 14.2 Å². The summed E-state index contributed by atoms with van der Waals surface area (Å²) in [5, 5.41) is 0. The lowest BCUT2D eigenvalue weighted by molar-refractivity contribution is -0.134. The molecule has 148 valence electrons. The van der Waals surface area contributed by atoms with Crippen LogP contribution in [-0.2, 0) is 4.79 Å². The van der Waals surface area contributed by atoms with Crippen LogP contribution >= 0.6 is 0 Å². The molecule has 7 heteroatoms. The number of nitrogens with zero attached hydrogens (tertiary/aromatic N) is 2. The number of carbonyl (C=O) groups excluding carboxylic acids is 2. The van der Waals surface area contributed by atoms with Crippen LogP contribution in [0.2, 0.25) is 0 Å². The van der Waals surface area contributed by atoms with Crippen molar-refractivity contribution in [2.45, 2.75) is 0 Å². The highest BCUT2D eigenvalue weighted by Crippen LogP contribution is 2.25. The number of amides is 2. The van der Waals surface area contributed by atoms with Crippen LogP contribution in [-0.4, -0.2) is 68.6 Å². The van der Waals surface area contributed by atoms with Crippen LogP contribution in [0, 0.1) is 0 Å². The summed E-state index contributed by atoms with van der Waals surface area (Å²) in [5.41, 5.74) is 0.611. The van der Waals surface area contributed by atoms with E-state index in [2.05, 4.69) is 0 Å². The van der Waals surface area contributed by atoms with E-state index in [1.165, 1.54) is 0 Å². The van der Waals surface area contributed by atoms with Crippen molar-refractivity contribution in [3.63, 3.8) is 0 Å². The highest BCUT2D eigenvalue weighted by molar-refractivity contribution is 5.94. The molecular formula is C21H24N2O5. The standard InChI is InChI=1S/C21H24N2O5/c1-26-17-9-7-16(8-10-17)21(25)23-13-11-22(12-14-23)20(24)15-28-19-6-4-3-5-18(19)27-2/h3-10H,11-15H2,1-2H3. The average molecular weight is 384 g/mol. The van der Waals surface area contributed by atoms with E-state index in [4.69, 9.17) is 14.2 Å². The molecule has 2 aromatic rings. The van der Waals surface area contributed by atoms with Gasteiger partial charge in [0.05, 0.1) is 14.2 Å². The van der Waals surface area contributed by atoms with Gasteiger partial charge >= 0.3 is 0 Å². The van der Waals surface area contributed by atoms with Crippen molar-refractivity contribution in [1.82, 2.24) is 9.80 Å². The van der Waals surface area contributed by atoms with E-state index in [0.717, 1.165) is 0 Å². The van der Waals surface area contributed by atoms with Crippen molar-refractivity contribution in [3.8, 4) is 17.2 Å². The molecule has 1 heterocycles. The van der Waals surface area contributed by atoms with E-state index in [0.29, 0.717) is 49.0 Å². The van der Waals surface area contributed by atoms with Gasteiger partial charge in [-0.3, -0.25) is 9.59 Å². The average Bonchev–Trinajstić information content (AvgIpc) is 2.77. The van der Waals surface area contributed by atoms with Crippen LogP contribution in [0.5, 0.6) is 17.2 Å². The van der Waals surface area contributed by atoms with Crippen molar-refractivity contribution >= 4 is 11.8 Å². The van der Waals surface area contributed by atoms with Gasteiger partial charge in [-0.05, 0) is 36.4 Å². The lowest BCUT2D eigenvalue weighted by Gasteiger charge is -2.34. The number of para-hydroxylation sites is 2. The lowest BCUT2D eigenvalue weighted by atomic mass is 10.1. The molecule has 3 rings (SSSR count). The second-order valence-electron chi connectivity index (χ2n) is 6.34. The van der Waals surface area contributed by atoms with Gasteiger partial charge in [0, 0.05) is 31.7 Å². The zero-order valence-electron chi connectivity index (χ0n) is 16.1. The Morgan fingerprint density at radius 2 is 1.43 bits per heavy atom. The van der Waals surface area contributed by atoms with Gasteiger partial charge in [0.1, 0.15) is 5.75 Å². The first-order chi connectivity index (χ1) is 13.6. The third kappa shape index (κ3) is 4.54. The molecule has 0 N–H and O–H groups in total. The highest BCUT2D eigenvalue weighted by atomic mass is 16.5. The van der Waals surface area contributed by atoms with Crippen LogP contribution in [0.25, 0.3) is 0 Å². The monoisotopic (exact) mass is 384 g/mol. The number of rotatable bonds is 6. The second kappa shape index (κ2) is 9.12. The Kier molecular flexibility index (Phi) is 6.37. The van der Waals surface area contributed by atoms with Gasteiger partial charge in [0.25, 0.3) is 11.8 Å². The molecule has 0 radical (unpaired) electrons. The van der Waals surface area contributed by atoms with E-state index in [1.807, 2.05) is 12.1 Å². The predicted molar refractivity (Wildman–Crippen MR) is 104 cm³/mol. The van der Waals surface area contributed by atoms with E-state index < -0.39 is 0 Å². The van der Waals surface area contributed by atoms with Crippen LogP contribution in [0.3, 0.4) is 0 Å². The molecule has 1 aliphatic heterocycles. The summed E-state index contributed by atoms with van der Waals surface area (Å²) in [6.45, 7) is 1.88. The minimum absolute atomic E-state index is 0.0416. The Morgan fingerprint density at radius 1 is 0.821 bits per heavy atom. The predicted octanol–water partition coefficient (Wildman–Crippen LogP) is 2.07. The number of hydrogen-bond donors (Lipinski definition) is 0. The molecule has 0 bridgehead atoms. The molecule has 1 aliphatic rings. The van der Waals surface area contributed by atoms with Crippen molar-refractivity contribution in [2.24, 2.45) is 0 Å². The summed E-state index contributed by atoms with van der Waals surface area (Å²) >= 11 is 0. The number of ether oxygens (including phenoxy) is 3. The molecule has 1 fully saturated rings. The molecule has 0 spiro atoms. The minimum atomic E-state index is -0.109. The van der Waals surface area contributed by atoms with Crippen LogP contribution in [0.15, 0.2) is 48.5 Å². The van der Waals surface area contributed by atoms with Gasteiger partial charge in [0.15, 0.2) is 18.1 Å². The molecule has 0 saturated carbocycles. The third-order valence-corrected chi connectivity index (χ3v) is 4.68. The summed E-state index contributed by atoms with van der Waals surface area (Å²) in [4.78, 5) is 28.5. The zero-order chi connectivity index (χ0) is 19.9. The van der Waals surface area contributed by atoms with Crippen molar-refractivity contribution in [3.05, 3.63) is 54.1 Å². The molecule has 2 aromatic carbocycles. The number of carbonyl (C=O) groups is 2. The molecule has 28 heavy (non-hydrogen) atoms. The fourth-order valence-electron chi connectivity index (χ4n) is 3.04. The first kappa shape index (κ1) is 19.5. The molecule has 2 amide bonds. The van der Waals surface area contributed by atoms with Gasteiger partial charge in [0.2, 0.25) is 0 Å². The largest absolute Gasteiger partial charge is 0.497 e. The number of methoxy groups -OCH3 is 2. The Balaban J connectivity index is 1.50. The van der Waals surface area contributed by atoms with Gasteiger partial charge in [-0.2, -0.15) is 0 Å². The molecule has 0 aromatic heterocycles. The SMILES string of the molecule is COc1ccc(C(=O)N2CCN(C(=O)COc3ccccc3OC)CC2)cc1. The van der Waals surface area contributed by atoms with E-state index >= 15 is 0 Å². The first-order valence-electron chi connectivity index (χ1n) is 9.09. The smallest absolute Gasteiger partial charge is 0.260 e. The quantitative estimate of drug-likeness (QED) is 0.763. The Morgan fingerprint density at radius 3 is 2.04 bits per heavy atom. The van der Waals surface area contributed by atoms with Crippen molar-refractivity contribution in [2.75, 3.05) is 47.0 Å². The fraction of sp³-hybridized carbons (Fsp3) is 0.333. The summed E-state index contributed by atoms with van der Waals surface area (Å²) in [6.07, 6.45) is 0. The number of hydrogen-bond acceptors (Lipinski definition) is 5. The summed E-state index contributed by atoms with van der Waals surface area (Å²) in [5.74, 6) is 1.68. The van der Waals surface area contributed by atoms with E-state index in [9.17, 15) is 9.59 Å².